The first-order valence-corrected chi connectivity index (χ1v) is 6.59. The number of hydrogen-bond acceptors (Lipinski definition) is 5. The van der Waals surface area contributed by atoms with Crippen molar-refractivity contribution in [1.82, 2.24) is 15.5 Å². The van der Waals surface area contributed by atoms with Crippen LogP contribution in [0.1, 0.15) is 35.2 Å². The van der Waals surface area contributed by atoms with Gasteiger partial charge in [0, 0.05) is 25.0 Å². The Morgan fingerprint density at radius 1 is 1.45 bits per heavy atom. The molecule has 2 aromatic heterocycles. The third-order valence-electron chi connectivity index (χ3n) is 2.73. The molecule has 0 fully saturated rings. The molecule has 6 nitrogen and oxygen atoms in total. The van der Waals surface area contributed by atoms with Gasteiger partial charge < -0.3 is 15.2 Å². The van der Waals surface area contributed by atoms with Crippen molar-refractivity contribution in [2.24, 2.45) is 0 Å². The van der Waals surface area contributed by atoms with Crippen LogP contribution in [0.2, 0.25) is 0 Å². The molecule has 0 aliphatic rings. The van der Waals surface area contributed by atoms with E-state index in [2.05, 4.69) is 27.7 Å². The van der Waals surface area contributed by atoms with E-state index in [0.717, 1.165) is 24.3 Å². The molecule has 2 heterocycles. The molecule has 0 aliphatic heterocycles. The number of pyridine rings is 1. The minimum absolute atomic E-state index is 0.189. The molecule has 106 valence electrons. The first-order chi connectivity index (χ1) is 9.70. The summed E-state index contributed by atoms with van der Waals surface area (Å²) in [5, 5.41) is 9.78. The molecular weight excluding hydrogens is 256 g/mol. The topological polar surface area (TPSA) is 80.0 Å². The number of aromatic nitrogens is 2. The van der Waals surface area contributed by atoms with E-state index in [1.54, 1.807) is 24.5 Å². The zero-order chi connectivity index (χ0) is 14.4. The Morgan fingerprint density at radius 2 is 2.30 bits per heavy atom. The molecule has 2 rings (SSSR count). The Labute approximate surface area is 117 Å². The Morgan fingerprint density at radius 3 is 3.00 bits per heavy atom. The number of carbonyl (C=O) groups excluding carboxylic acids is 1. The van der Waals surface area contributed by atoms with E-state index in [1.165, 1.54) is 0 Å². The molecule has 0 aliphatic carbocycles. The highest BCUT2D eigenvalue weighted by Gasteiger charge is 2.12. The van der Waals surface area contributed by atoms with Crippen LogP contribution < -0.4 is 10.6 Å². The number of anilines is 1. The summed E-state index contributed by atoms with van der Waals surface area (Å²) in [5.74, 6) is 0.438. The summed E-state index contributed by atoms with van der Waals surface area (Å²) in [4.78, 5) is 16.2. The van der Waals surface area contributed by atoms with Crippen molar-refractivity contribution in [3.63, 3.8) is 0 Å². The van der Waals surface area contributed by atoms with E-state index in [1.807, 2.05) is 6.92 Å². The van der Waals surface area contributed by atoms with Crippen molar-refractivity contribution in [3.05, 3.63) is 41.5 Å². The monoisotopic (exact) mass is 274 g/mol. The summed E-state index contributed by atoms with van der Waals surface area (Å²) in [6.07, 6.45) is 4.20. The fourth-order valence-electron chi connectivity index (χ4n) is 1.75. The number of hydrogen-bond donors (Lipinski definition) is 2. The van der Waals surface area contributed by atoms with E-state index >= 15 is 0 Å². The highest BCUT2D eigenvalue weighted by atomic mass is 16.5. The molecule has 0 saturated carbocycles. The van der Waals surface area contributed by atoms with E-state index in [4.69, 9.17) is 4.52 Å². The summed E-state index contributed by atoms with van der Waals surface area (Å²) < 4.78 is 5.05. The van der Waals surface area contributed by atoms with Crippen LogP contribution in [-0.2, 0) is 6.54 Å². The number of nitrogens with zero attached hydrogens (tertiary/aromatic N) is 2. The van der Waals surface area contributed by atoms with Crippen molar-refractivity contribution < 1.29 is 9.32 Å². The lowest BCUT2D eigenvalue weighted by Gasteiger charge is -2.10. The van der Waals surface area contributed by atoms with Crippen LogP contribution in [0.25, 0.3) is 0 Å². The average Bonchev–Trinajstić information content (AvgIpc) is 2.88. The fraction of sp³-hybridized carbons (Fsp3) is 0.357. The summed E-state index contributed by atoms with van der Waals surface area (Å²) in [5.41, 5.74) is 2.10. The molecule has 1 amide bonds. The van der Waals surface area contributed by atoms with Crippen LogP contribution in [0.15, 0.2) is 29.0 Å². The second-order valence-electron chi connectivity index (χ2n) is 4.47. The van der Waals surface area contributed by atoms with Crippen molar-refractivity contribution in [3.8, 4) is 0 Å². The normalized spacial score (nSPS) is 10.3. The van der Waals surface area contributed by atoms with Gasteiger partial charge in [-0.05, 0) is 19.4 Å². The molecule has 2 aromatic rings. The maximum absolute atomic E-state index is 12.2. The molecule has 0 bridgehead atoms. The van der Waals surface area contributed by atoms with Crippen molar-refractivity contribution in [2.45, 2.75) is 26.8 Å². The fourth-order valence-corrected chi connectivity index (χ4v) is 1.75. The van der Waals surface area contributed by atoms with Crippen molar-refractivity contribution in [2.75, 3.05) is 11.9 Å². The van der Waals surface area contributed by atoms with Gasteiger partial charge in [-0.15, -0.1) is 0 Å². The van der Waals surface area contributed by atoms with Gasteiger partial charge in [-0.3, -0.25) is 9.78 Å². The van der Waals surface area contributed by atoms with Gasteiger partial charge in [0.25, 0.3) is 5.91 Å². The van der Waals surface area contributed by atoms with Gasteiger partial charge >= 0.3 is 0 Å². The summed E-state index contributed by atoms with van der Waals surface area (Å²) in [7, 11) is 0. The van der Waals surface area contributed by atoms with Crippen LogP contribution in [0.5, 0.6) is 0 Å². The lowest BCUT2D eigenvalue weighted by molar-refractivity contribution is 0.0947. The smallest absolute Gasteiger partial charge is 0.255 e. The van der Waals surface area contributed by atoms with Crippen molar-refractivity contribution in [1.29, 1.82) is 0 Å². The summed E-state index contributed by atoms with van der Waals surface area (Å²) in [6, 6.07) is 3.59. The quantitative estimate of drug-likeness (QED) is 0.843. The van der Waals surface area contributed by atoms with Crippen LogP contribution in [0, 0.1) is 6.92 Å². The van der Waals surface area contributed by atoms with Crippen LogP contribution >= 0.6 is 0 Å². The van der Waals surface area contributed by atoms with E-state index in [0.29, 0.717) is 17.9 Å². The minimum atomic E-state index is -0.189. The predicted octanol–water partition coefficient (Wildman–Crippen LogP) is 2.13. The Balaban J connectivity index is 2.01. The van der Waals surface area contributed by atoms with Crippen LogP contribution in [-0.4, -0.2) is 22.6 Å². The van der Waals surface area contributed by atoms with Gasteiger partial charge in [-0.1, -0.05) is 12.1 Å². The third-order valence-corrected chi connectivity index (χ3v) is 2.73. The SMILES string of the molecule is CCCNc1ccncc1C(=O)NCc1cc(C)no1. The predicted molar refractivity (Wildman–Crippen MR) is 75.4 cm³/mol. The zero-order valence-electron chi connectivity index (χ0n) is 11.6. The van der Waals surface area contributed by atoms with E-state index < -0.39 is 0 Å². The summed E-state index contributed by atoms with van der Waals surface area (Å²) >= 11 is 0. The lowest BCUT2D eigenvalue weighted by Crippen LogP contribution is -2.24. The maximum Gasteiger partial charge on any atom is 0.255 e. The van der Waals surface area contributed by atoms with Crippen molar-refractivity contribution >= 4 is 11.6 Å². The molecule has 0 radical (unpaired) electrons. The lowest BCUT2D eigenvalue weighted by atomic mass is 10.2. The number of nitrogens with one attached hydrogen (secondary N) is 2. The van der Waals surface area contributed by atoms with Gasteiger partial charge in [-0.25, -0.2) is 0 Å². The van der Waals surface area contributed by atoms with Gasteiger partial charge in [0.2, 0.25) is 0 Å². The molecule has 2 N–H and O–H groups in total. The minimum Gasteiger partial charge on any atom is -0.384 e. The molecule has 0 atom stereocenters. The Hall–Kier alpha value is -2.37. The first-order valence-electron chi connectivity index (χ1n) is 6.59. The zero-order valence-corrected chi connectivity index (χ0v) is 11.6. The highest BCUT2D eigenvalue weighted by molar-refractivity contribution is 5.99. The number of carbonyl (C=O) groups is 1. The number of rotatable bonds is 6. The first kappa shape index (κ1) is 14.0. The molecule has 0 unspecified atom stereocenters. The largest absolute Gasteiger partial charge is 0.384 e. The highest BCUT2D eigenvalue weighted by Crippen LogP contribution is 2.13. The van der Waals surface area contributed by atoms with Gasteiger partial charge in [0.15, 0.2) is 5.76 Å². The van der Waals surface area contributed by atoms with Crippen LogP contribution in [0.4, 0.5) is 5.69 Å². The standard InChI is InChI=1S/C14H18N4O2/c1-3-5-16-13-4-6-15-9-12(13)14(19)17-8-11-7-10(2)18-20-11/h4,6-7,9H,3,5,8H2,1-2H3,(H,15,16)(H,17,19). The average molecular weight is 274 g/mol. The number of aryl methyl sites for hydroxylation is 1. The van der Waals surface area contributed by atoms with Crippen LogP contribution in [0.3, 0.4) is 0 Å². The van der Waals surface area contributed by atoms with Gasteiger partial charge in [-0.2, -0.15) is 0 Å². The van der Waals surface area contributed by atoms with E-state index in [9.17, 15) is 4.79 Å². The van der Waals surface area contributed by atoms with E-state index in [-0.39, 0.29) is 5.91 Å². The van der Waals surface area contributed by atoms with Gasteiger partial charge in [0.1, 0.15) is 0 Å². The second-order valence-corrected chi connectivity index (χ2v) is 4.47. The molecule has 6 heteroatoms. The molecule has 20 heavy (non-hydrogen) atoms. The second kappa shape index (κ2) is 6.70. The molecule has 0 spiro atoms. The maximum atomic E-state index is 12.2. The molecule has 0 aromatic carbocycles. The third kappa shape index (κ3) is 3.57. The number of amides is 1. The molecule has 0 saturated heterocycles. The Kier molecular flexibility index (Phi) is 4.70. The molecular formula is C14H18N4O2. The Bertz CT molecular complexity index is 580. The summed E-state index contributed by atoms with van der Waals surface area (Å²) in [6.45, 7) is 5.02. The van der Waals surface area contributed by atoms with Gasteiger partial charge in [0.05, 0.1) is 23.5 Å².